The van der Waals surface area contributed by atoms with Gasteiger partial charge in [0.2, 0.25) is 0 Å². The summed E-state index contributed by atoms with van der Waals surface area (Å²) in [4.78, 5) is 11.8. The first-order valence-electron chi connectivity index (χ1n) is 10.7. The summed E-state index contributed by atoms with van der Waals surface area (Å²) in [5.41, 5.74) is 5.30. The molecule has 160 valence electrons. The van der Waals surface area contributed by atoms with Crippen molar-refractivity contribution in [3.05, 3.63) is 12.2 Å². The Morgan fingerprint density at radius 1 is 0.889 bits per heavy atom. The van der Waals surface area contributed by atoms with Crippen molar-refractivity contribution in [3.63, 3.8) is 0 Å². The maximum atomic E-state index is 11.8. The van der Waals surface area contributed by atoms with Crippen LogP contribution in [0.2, 0.25) is 0 Å². The van der Waals surface area contributed by atoms with Crippen LogP contribution in [0.1, 0.15) is 103 Å². The molecule has 0 aromatic carbocycles. The molecule has 0 radical (unpaired) electrons. The molecule has 0 spiro atoms. The zero-order valence-corrected chi connectivity index (χ0v) is 18.0. The van der Waals surface area contributed by atoms with Crippen LogP contribution in [0, 0.1) is 0 Å². The molecule has 3 N–H and O–H groups in total. The fourth-order valence-corrected chi connectivity index (χ4v) is 3.70. The molecule has 0 aliphatic carbocycles. The molecule has 0 aromatic rings. The highest BCUT2D eigenvalue weighted by molar-refractivity contribution is 7.86. The summed E-state index contributed by atoms with van der Waals surface area (Å²) in [6.07, 6.45) is 20.3. The van der Waals surface area contributed by atoms with E-state index in [0.29, 0.717) is 6.42 Å². The lowest BCUT2D eigenvalue weighted by atomic mass is 10.0. The number of hydrogen-bond acceptors (Lipinski definition) is 4. The van der Waals surface area contributed by atoms with E-state index in [-0.39, 0.29) is 18.7 Å². The number of carbonyl (C=O) groups is 1. The van der Waals surface area contributed by atoms with Crippen LogP contribution in [0.15, 0.2) is 12.2 Å². The Balaban J connectivity index is 3.47. The van der Waals surface area contributed by atoms with Crippen LogP contribution in [0.5, 0.6) is 0 Å². The molecule has 0 heterocycles. The third-order valence-corrected chi connectivity index (χ3v) is 6.06. The largest absolute Gasteiger partial charge is 0.329 e. The van der Waals surface area contributed by atoms with E-state index in [1.807, 2.05) is 0 Å². The number of carbonyl (C=O) groups excluding carboxylic acids is 1. The number of ketones is 1. The third kappa shape index (κ3) is 17.1. The molecule has 0 saturated heterocycles. The maximum Gasteiger partial charge on any atom is 0.269 e. The van der Waals surface area contributed by atoms with Gasteiger partial charge < -0.3 is 5.73 Å². The van der Waals surface area contributed by atoms with E-state index in [0.717, 1.165) is 32.1 Å². The number of unbranched alkanes of at least 4 members (excludes halogenated alkanes) is 11. The van der Waals surface area contributed by atoms with E-state index in [1.165, 1.54) is 51.4 Å². The highest BCUT2D eigenvalue weighted by atomic mass is 32.2. The smallest absolute Gasteiger partial charge is 0.269 e. The van der Waals surface area contributed by atoms with Crippen molar-refractivity contribution in [1.82, 2.24) is 0 Å². The van der Waals surface area contributed by atoms with Gasteiger partial charge in [-0.25, -0.2) is 0 Å². The molecule has 5 nitrogen and oxygen atoms in total. The van der Waals surface area contributed by atoms with E-state index in [1.54, 1.807) is 0 Å². The van der Waals surface area contributed by atoms with Crippen LogP contribution in [0.4, 0.5) is 0 Å². The number of hydrogen-bond donors (Lipinski definition) is 2. The zero-order valence-electron chi connectivity index (χ0n) is 17.2. The van der Waals surface area contributed by atoms with Crippen molar-refractivity contribution in [2.45, 2.75) is 108 Å². The molecule has 6 heteroatoms. The maximum absolute atomic E-state index is 11.8. The molecular formula is C21H41NO4S. The van der Waals surface area contributed by atoms with Crippen molar-refractivity contribution >= 4 is 15.9 Å². The summed E-state index contributed by atoms with van der Waals surface area (Å²) in [7, 11) is -4.22. The second-order valence-corrected chi connectivity index (χ2v) is 9.15. The second kappa shape index (κ2) is 17.4. The van der Waals surface area contributed by atoms with Crippen LogP contribution in [0.3, 0.4) is 0 Å². The average molecular weight is 404 g/mol. The van der Waals surface area contributed by atoms with Crippen molar-refractivity contribution in [2.24, 2.45) is 5.73 Å². The van der Waals surface area contributed by atoms with E-state index in [9.17, 15) is 13.2 Å². The topological polar surface area (TPSA) is 97.5 Å². The molecule has 0 bridgehead atoms. The van der Waals surface area contributed by atoms with Gasteiger partial charge in [-0.2, -0.15) is 8.42 Å². The lowest BCUT2D eigenvalue weighted by Gasteiger charge is -2.10. The predicted molar refractivity (Wildman–Crippen MR) is 113 cm³/mol. The minimum Gasteiger partial charge on any atom is -0.329 e. The highest BCUT2D eigenvalue weighted by Crippen LogP contribution is 2.12. The fraction of sp³-hybridized carbons (Fsp3) is 0.857. The molecule has 0 rings (SSSR count). The zero-order chi connectivity index (χ0) is 20.4. The van der Waals surface area contributed by atoms with Crippen molar-refractivity contribution in [1.29, 1.82) is 0 Å². The van der Waals surface area contributed by atoms with Crippen molar-refractivity contribution < 1.29 is 17.8 Å². The van der Waals surface area contributed by atoms with Gasteiger partial charge in [0.05, 0.1) is 0 Å². The van der Waals surface area contributed by atoms with Crippen LogP contribution in [-0.2, 0) is 14.9 Å². The quantitative estimate of drug-likeness (QED) is 0.175. The van der Waals surface area contributed by atoms with Gasteiger partial charge in [-0.15, -0.1) is 0 Å². The second-order valence-electron chi connectivity index (χ2n) is 7.45. The molecule has 0 saturated carbocycles. The van der Waals surface area contributed by atoms with Crippen molar-refractivity contribution in [2.75, 3.05) is 6.54 Å². The van der Waals surface area contributed by atoms with Crippen molar-refractivity contribution in [3.8, 4) is 0 Å². The molecule has 0 aliphatic heterocycles. The third-order valence-electron chi connectivity index (χ3n) is 4.86. The summed E-state index contributed by atoms with van der Waals surface area (Å²) >= 11 is 0. The Morgan fingerprint density at radius 2 is 1.37 bits per heavy atom. The van der Waals surface area contributed by atoms with Gasteiger partial charge in [-0.1, -0.05) is 70.4 Å². The van der Waals surface area contributed by atoms with Gasteiger partial charge in [0.25, 0.3) is 10.1 Å². The van der Waals surface area contributed by atoms with Gasteiger partial charge >= 0.3 is 0 Å². The van der Waals surface area contributed by atoms with Gasteiger partial charge in [-0.05, 0) is 32.1 Å². The van der Waals surface area contributed by atoms with E-state index in [2.05, 4.69) is 19.1 Å². The normalized spacial score (nSPS) is 13.3. The minimum atomic E-state index is -4.22. The van der Waals surface area contributed by atoms with Gasteiger partial charge in [0.15, 0.2) is 0 Å². The summed E-state index contributed by atoms with van der Waals surface area (Å²) in [5.74, 6) is -0.138. The molecule has 27 heavy (non-hydrogen) atoms. The van der Waals surface area contributed by atoms with E-state index >= 15 is 0 Å². The Bertz CT molecular complexity index is 488. The monoisotopic (exact) mass is 403 g/mol. The number of Topliss-reactive ketones (excluding diaryl/α,β-unsaturated/α-hetero) is 1. The van der Waals surface area contributed by atoms with Crippen LogP contribution >= 0.6 is 0 Å². The Labute approximate surface area is 166 Å². The van der Waals surface area contributed by atoms with Gasteiger partial charge in [-0.3, -0.25) is 9.35 Å². The number of nitrogens with two attached hydrogens (primary N) is 1. The average Bonchev–Trinajstić information content (AvgIpc) is 2.62. The summed E-state index contributed by atoms with van der Waals surface area (Å²) < 4.78 is 31.0. The molecule has 0 aromatic heterocycles. The summed E-state index contributed by atoms with van der Waals surface area (Å²) in [6.45, 7) is 2.02. The Morgan fingerprint density at radius 3 is 1.85 bits per heavy atom. The lowest BCUT2D eigenvalue weighted by Crippen LogP contribution is -2.31. The lowest BCUT2D eigenvalue weighted by molar-refractivity contribution is -0.119. The van der Waals surface area contributed by atoms with Crippen LogP contribution in [-0.4, -0.2) is 30.5 Å². The Hall–Kier alpha value is -0.720. The Kier molecular flexibility index (Phi) is 16.9. The van der Waals surface area contributed by atoms with Crippen LogP contribution < -0.4 is 5.73 Å². The predicted octanol–water partition coefficient (Wildman–Crippen LogP) is 5.20. The standard InChI is InChI=1S/C21H41NO4S/c1-2-3-4-5-6-7-8-9-10-11-12-13-14-15-16-17-20(23)18-21(19-22)27(24,25)26/h9-10,21H,2-8,11-19,22H2,1H3,(H,24,25,26). The number of rotatable bonds is 19. The SMILES string of the molecule is CCCCCCCCC=CCCCCCCCC(=O)CC(CN)S(=O)(=O)O. The molecule has 1 unspecified atom stereocenters. The fourth-order valence-electron chi connectivity index (χ4n) is 3.06. The van der Waals surface area contributed by atoms with Gasteiger partial charge in [0.1, 0.15) is 11.0 Å². The molecule has 0 amide bonds. The first-order chi connectivity index (χ1) is 12.9. The first kappa shape index (κ1) is 26.3. The van der Waals surface area contributed by atoms with E-state index in [4.69, 9.17) is 10.3 Å². The molecule has 0 aliphatic rings. The number of allylic oxidation sites excluding steroid dienone is 2. The first-order valence-corrected chi connectivity index (χ1v) is 12.2. The van der Waals surface area contributed by atoms with Gasteiger partial charge in [0, 0.05) is 19.4 Å². The molecule has 1 atom stereocenters. The molecular weight excluding hydrogens is 362 g/mol. The summed E-state index contributed by atoms with van der Waals surface area (Å²) in [6, 6.07) is 0. The molecule has 0 fully saturated rings. The van der Waals surface area contributed by atoms with E-state index < -0.39 is 15.4 Å². The minimum absolute atomic E-state index is 0.138. The van der Waals surface area contributed by atoms with Crippen LogP contribution in [0.25, 0.3) is 0 Å². The summed E-state index contributed by atoms with van der Waals surface area (Å²) in [5, 5.41) is -1.16. The highest BCUT2D eigenvalue weighted by Gasteiger charge is 2.23.